The van der Waals surface area contributed by atoms with Gasteiger partial charge in [-0.1, -0.05) is 30.3 Å². The molecular formula is C31H35N5O3. The van der Waals surface area contributed by atoms with E-state index in [0.717, 1.165) is 64.7 Å². The molecule has 0 amide bonds. The number of likely N-dealkylation sites (N-methyl/N-ethyl adjacent to an activating group) is 1. The summed E-state index contributed by atoms with van der Waals surface area (Å²) in [7, 11) is 3.89. The van der Waals surface area contributed by atoms with Crippen molar-refractivity contribution in [1.82, 2.24) is 20.2 Å². The normalized spacial score (nSPS) is 25.1. The fourth-order valence-electron chi connectivity index (χ4n) is 6.63. The van der Waals surface area contributed by atoms with Crippen LogP contribution in [0.3, 0.4) is 0 Å². The highest BCUT2D eigenvalue weighted by molar-refractivity contribution is 6.00. The Labute approximate surface area is 228 Å². The molecule has 3 aliphatic heterocycles. The first-order valence-corrected chi connectivity index (χ1v) is 13.9. The van der Waals surface area contributed by atoms with Gasteiger partial charge in [0, 0.05) is 50.3 Å². The van der Waals surface area contributed by atoms with Crippen molar-refractivity contribution in [3.63, 3.8) is 0 Å². The van der Waals surface area contributed by atoms with Crippen molar-refractivity contribution in [2.45, 2.75) is 43.5 Å². The summed E-state index contributed by atoms with van der Waals surface area (Å²) < 4.78 is 11.9. The molecule has 8 nitrogen and oxygen atoms in total. The van der Waals surface area contributed by atoms with Crippen molar-refractivity contribution in [3.05, 3.63) is 54.6 Å². The molecular weight excluding hydrogens is 490 g/mol. The molecule has 4 atom stereocenters. The van der Waals surface area contributed by atoms with Gasteiger partial charge in [0.1, 0.15) is 18.2 Å². The zero-order valence-corrected chi connectivity index (χ0v) is 22.5. The second-order valence-electron chi connectivity index (χ2n) is 11.3. The number of methoxy groups -OCH3 is 1. The molecule has 7 rings (SSSR count). The van der Waals surface area contributed by atoms with E-state index in [1.807, 2.05) is 24.3 Å². The average molecular weight is 526 g/mol. The number of nitrogens with zero attached hydrogens (tertiary/aromatic N) is 4. The number of rotatable bonds is 6. The predicted molar refractivity (Wildman–Crippen MR) is 154 cm³/mol. The largest absolute Gasteiger partial charge is 0.508 e. The van der Waals surface area contributed by atoms with Crippen LogP contribution in [-0.2, 0) is 4.74 Å². The summed E-state index contributed by atoms with van der Waals surface area (Å²) in [4.78, 5) is 14.6. The lowest BCUT2D eigenvalue weighted by atomic mass is 9.97. The number of hydrogen-bond donors (Lipinski definition) is 2. The Balaban J connectivity index is 1.29. The summed E-state index contributed by atoms with van der Waals surface area (Å²) in [6.45, 7) is 3.29. The molecule has 0 aliphatic carbocycles. The lowest BCUT2D eigenvalue weighted by Gasteiger charge is -2.34. The number of piperazine rings is 1. The minimum atomic E-state index is 0.229. The molecule has 1 aromatic heterocycles. The molecule has 2 N–H and O–H groups in total. The van der Waals surface area contributed by atoms with E-state index in [2.05, 4.69) is 46.4 Å². The van der Waals surface area contributed by atoms with Gasteiger partial charge >= 0.3 is 6.01 Å². The van der Waals surface area contributed by atoms with Gasteiger partial charge in [0.15, 0.2) is 0 Å². The molecule has 0 saturated carbocycles. The summed E-state index contributed by atoms with van der Waals surface area (Å²) in [6.07, 6.45) is 3.57. The van der Waals surface area contributed by atoms with Crippen molar-refractivity contribution < 1.29 is 14.6 Å². The van der Waals surface area contributed by atoms with Gasteiger partial charge in [0.2, 0.25) is 0 Å². The van der Waals surface area contributed by atoms with Crippen LogP contribution in [0.25, 0.3) is 32.8 Å². The van der Waals surface area contributed by atoms with Crippen LogP contribution in [0.15, 0.2) is 54.6 Å². The van der Waals surface area contributed by atoms with Gasteiger partial charge in [-0.3, -0.25) is 4.90 Å². The zero-order chi connectivity index (χ0) is 26.5. The van der Waals surface area contributed by atoms with Crippen LogP contribution in [-0.4, -0.2) is 84.6 Å². The van der Waals surface area contributed by atoms with Crippen LogP contribution in [0.1, 0.15) is 19.3 Å². The molecule has 4 aromatic rings. The minimum Gasteiger partial charge on any atom is -0.508 e. The molecule has 202 valence electrons. The van der Waals surface area contributed by atoms with Crippen LogP contribution in [0.5, 0.6) is 11.8 Å². The molecule has 3 fully saturated rings. The number of phenols is 1. The summed E-state index contributed by atoms with van der Waals surface area (Å²) in [5.41, 5.74) is 2.83. The van der Waals surface area contributed by atoms with E-state index in [9.17, 15) is 5.11 Å². The molecule has 0 spiro atoms. The maximum absolute atomic E-state index is 10.5. The topological polar surface area (TPSA) is 83.0 Å². The fraction of sp³-hybridized carbons (Fsp3) is 0.419. The number of benzene rings is 3. The first-order chi connectivity index (χ1) is 19.0. The quantitative estimate of drug-likeness (QED) is 0.388. The van der Waals surface area contributed by atoms with Crippen LogP contribution in [0.4, 0.5) is 5.82 Å². The SMILES string of the molecule is CO[C@@H]1C[C@@H](COc2nc(N3CC4CCC(C3)N4)c3ccc(-c4cc(O)cc5ccccc45)cc3n2)N(C)C1. The number of aromatic nitrogens is 2. The number of hydrogen-bond acceptors (Lipinski definition) is 8. The van der Waals surface area contributed by atoms with Crippen molar-refractivity contribution >= 4 is 27.5 Å². The van der Waals surface area contributed by atoms with E-state index >= 15 is 0 Å². The number of nitrogens with one attached hydrogen (secondary N) is 1. The van der Waals surface area contributed by atoms with Crippen LogP contribution >= 0.6 is 0 Å². The maximum Gasteiger partial charge on any atom is 0.319 e. The second kappa shape index (κ2) is 9.93. The Morgan fingerprint density at radius 2 is 1.79 bits per heavy atom. The summed E-state index contributed by atoms with van der Waals surface area (Å²) >= 11 is 0. The number of fused-ring (bicyclic) bond motifs is 4. The number of ether oxygens (including phenoxy) is 2. The Kier molecular flexibility index (Phi) is 6.26. The minimum absolute atomic E-state index is 0.229. The zero-order valence-electron chi connectivity index (χ0n) is 22.5. The molecule has 0 radical (unpaired) electrons. The van der Waals surface area contributed by atoms with E-state index in [-0.39, 0.29) is 17.9 Å². The van der Waals surface area contributed by atoms with Crippen LogP contribution in [0, 0.1) is 0 Å². The van der Waals surface area contributed by atoms with E-state index in [1.165, 1.54) is 12.8 Å². The van der Waals surface area contributed by atoms with Crippen LogP contribution in [0.2, 0.25) is 0 Å². The third-order valence-corrected chi connectivity index (χ3v) is 8.72. The number of likely N-dealkylation sites (tertiary alicyclic amines) is 1. The average Bonchev–Trinajstić information content (AvgIpc) is 3.49. The van der Waals surface area contributed by atoms with E-state index in [4.69, 9.17) is 19.4 Å². The van der Waals surface area contributed by atoms with E-state index in [0.29, 0.717) is 24.7 Å². The van der Waals surface area contributed by atoms with Crippen molar-refractivity contribution in [2.75, 3.05) is 45.3 Å². The van der Waals surface area contributed by atoms with Gasteiger partial charge in [-0.25, -0.2) is 0 Å². The van der Waals surface area contributed by atoms with Gasteiger partial charge in [-0.15, -0.1) is 0 Å². The predicted octanol–water partition coefficient (Wildman–Crippen LogP) is 4.19. The van der Waals surface area contributed by atoms with E-state index in [1.54, 1.807) is 13.2 Å². The standard InChI is InChI=1S/C31H35N5O3/c1-35-17-25(38-2)13-23(35)18-39-31-33-29-12-20(28-14-24(37)11-19-5-3-4-6-26(19)28)7-10-27(29)30(34-31)36-15-21-8-9-22(16-36)32-21/h3-7,10-12,14,21-23,25,32,37H,8-9,13,15-18H2,1-2H3/t21?,22?,23-,25+/m0/s1. The van der Waals surface area contributed by atoms with Crippen LogP contribution < -0.4 is 15.0 Å². The molecule has 3 saturated heterocycles. The smallest absolute Gasteiger partial charge is 0.319 e. The summed E-state index contributed by atoms with van der Waals surface area (Å²) in [5.74, 6) is 1.19. The molecule has 8 heteroatoms. The van der Waals surface area contributed by atoms with Gasteiger partial charge in [0.25, 0.3) is 0 Å². The third-order valence-electron chi connectivity index (χ3n) is 8.72. The first-order valence-electron chi connectivity index (χ1n) is 13.9. The Morgan fingerprint density at radius 1 is 0.974 bits per heavy atom. The number of phenolic OH excluding ortho intramolecular Hbond substituents is 1. The highest BCUT2D eigenvalue weighted by Gasteiger charge is 2.34. The maximum atomic E-state index is 10.5. The number of aromatic hydroxyl groups is 1. The summed E-state index contributed by atoms with van der Waals surface area (Å²) in [5, 5.41) is 17.3. The monoisotopic (exact) mass is 525 g/mol. The summed E-state index contributed by atoms with van der Waals surface area (Å²) in [6, 6.07) is 19.8. The molecule has 39 heavy (non-hydrogen) atoms. The first kappa shape index (κ1) is 24.6. The Morgan fingerprint density at radius 3 is 2.59 bits per heavy atom. The van der Waals surface area contributed by atoms with Crippen molar-refractivity contribution in [3.8, 4) is 22.9 Å². The van der Waals surface area contributed by atoms with Gasteiger partial charge in [0.05, 0.1) is 11.6 Å². The Hall–Kier alpha value is -3.46. The third kappa shape index (κ3) is 4.67. The van der Waals surface area contributed by atoms with Gasteiger partial charge in [-0.05, 0) is 72.5 Å². The highest BCUT2D eigenvalue weighted by Crippen LogP contribution is 2.37. The fourth-order valence-corrected chi connectivity index (χ4v) is 6.63. The molecule has 4 heterocycles. The molecule has 2 bridgehead atoms. The van der Waals surface area contributed by atoms with Gasteiger partial charge < -0.3 is 24.8 Å². The van der Waals surface area contributed by atoms with Crippen molar-refractivity contribution in [2.24, 2.45) is 0 Å². The van der Waals surface area contributed by atoms with Gasteiger partial charge in [-0.2, -0.15) is 9.97 Å². The van der Waals surface area contributed by atoms with Crippen molar-refractivity contribution in [1.29, 1.82) is 0 Å². The molecule has 2 unspecified atom stereocenters. The van der Waals surface area contributed by atoms with E-state index < -0.39 is 0 Å². The lowest BCUT2D eigenvalue weighted by Crippen LogP contribution is -2.51. The Bertz CT molecular complexity index is 1520. The lowest BCUT2D eigenvalue weighted by molar-refractivity contribution is 0.111. The number of anilines is 1. The molecule has 3 aromatic carbocycles. The molecule has 3 aliphatic rings. The highest BCUT2D eigenvalue weighted by atomic mass is 16.5. The second-order valence-corrected chi connectivity index (χ2v) is 11.3.